The average molecular weight is 220 g/mol. The molecule has 0 bridgehead atoms. The van der Waals surface area contributed by atoms with Crippen molar-refractivity contribution in [1.82, 2.24) is 4.90 Å². The van der Waals surface area contributed by atoms with E-state index < -0.39 is 0 Å². The van der Waals surface area contributed by atoms with Crippen molar-refractivity contribution in [3.05, 3.63) is 0 Å². The lowest BCUT2D eigenvalue weighted by atomic mass is 10.2. The molecule has 0 aromatic carbocycles. The third kappa shape index (κ3) is 4.12. The van der Waals surface area contributed by atoms with Crippen molar-refractivity contribution in [1.29, 1.82) is 0 Å². The van der Waals surface area contributed by atoms with Crippen LogP contribution in [0.3, 0.4) is 0 Å². The van der Waals surface area contributed by atoms with Gasteiger partial charge in [0, 0.05) is 18.4 Å². The third-order valence-electron chi connectivity index (χ3n) is 2.15. The maximum Gasteiger partial charge on any atom is 0.00692 e. The summed E-state index contributed by atoms with van der Waals surface area (Å²) in [6, 6.07) is 0. The van der Waals surface area contributed by atoms with Gasteiger partial charge in [-0.25, -0.2) is 0 Å². The van der Waals surface area contributed by atoms with E-state index in [9.17, 15) is 0 Å². The molecule has 0 aromatic rings. The molecule has 0 aromatic heterocycles. The van der Waals surface area contributed by atoms with E-state index in [-0.39, 0.29) is 0 Å². The largest absolute Gasteiger partial charge is 0.306 e. The minimum atomic E-state index is 0.791. The monoisotopic (exact) mass is 219 g/mol. The summed E-state index contributed by atoms with van der Waals surface area (Å²) in [7, 11) is 2.23. The summed E-state index contributed by atoms with van der Waals surface area (Å²) in [5.41, 5.74) is 0. The summed E-state index contributed by atoms with van der Waals surface area (Å²) in [5, 5.41) is 1.13. The molecule has 0 saturated heterocycles. The van der Waals surface area contributed by atoms with Crippen molar-refractivity contribution >= 4 is 15.9 Å². The Balaban J connectivity index is 2.03. The van der Waals surface area contributed by atoms with E-state index in [2.05, 4.69) is 34.8 Å². The molecule has 1 saturated carbocycles. The van der Waals surface area contributed by atoms with E-state index in [4.69, 9.17) is 0 Å². The van der Waals surface area contributed by atoms with Crippen LogP contribution in [0.5, 0.6) is 0 Å². The van der Waals surface area contributed by atoms with Crippen LogP contribution in [-0.2, 0) is 0 Å². The molecule has 2 heteroatoms. The van der Waals surface area contributed by atoms with Crippen LogP contribution in [-0.4, -0.2) is 30.4 Å². The van der Waals surface area contributed by atoms with Gasteiger partial charge in [-0.15, -0.1) is 0 Å². The van der Waals surface area contributed by atoms with Crippen molar-refractivity contribution in [3.63, 3.8) is 0 Å². The lowest BCUT2D eigenvalue weighted by Crippen LogP contribution is -2.27. The highest BCUT2D eigenvalue weighted by Crippen LogP contribution is 2.29. The predicted molar refractivity (Wildman–Crippen MR) is 53.2 cm³/mol. The van der Waals surface area contributed by atoms with Crippen LogP contribution in [0.15, 0.2) is 0 Å². The van der Waals surface area contributed by atoms with Crippen LogP contribution in [0, 0.1) is 11.8 Å². The van der Waals surface area contributed by atoms with Gasteiger partial charge in [-0.3, -0.25) is 0 Å². The van der Waals surface area contributed by atoms with Crippen LogP contribution >= 0.6 is 15.9 Å². The Morgan fingerprint density at radius 3 is 2.64 bits per heavy atom. The van der Waals surface area contributed by atoms with Crippen molar-refractivity contribution in [2.45, 2.75) is 19.8 Å². The summed E-state index contributed by atoms with van der Waals surface area (Å²) >= 11 is 3.50. The highest BCUT2D eigenvalue weighted by molar-refractivity contribution is 9.09. The van der Waals surface area contributed by atoms with E-state index in [1.807, 2.05) is 0 Å². The molecular weight excluding hydrogens is 202 g/mol. The molecule has 0 aliphatic heterocycles. The van der Waals surface area contributed by atoms with Crippen LogP contribution in [0.1, 0.15) is 19.8 Å². The molecule has 1 aliphatic rings. The summed E-state index contributed by atoms with van der Waals surface area (Å²) in [5.74, 6) is 1.82. The molecule has 1 atom stereocenters. The van der Waals surface area contributed by atoms with E-state index in [0.717, 1.165) is 17.2 Å². The maximum atomic E-state index is 3.50. The predicted octanol–water partition coefficient (Wildman–Crippen LogP) is 2.36. The van der Waals surface area contributed by atoms with Gasteiger partial charge in [-0.1, -0.05) is 22.9 Å². The number of nitrogens with zero attached hydrogens (tertiary/aromatic N) is 1. The fraction of sp³-hybridized carbons (Fsp3) is 1.00. The van der Waals surface area contributed by atoms with Gasteiger partial charge in [0.2, 0.25) is 0 Å². The first-order valence-corrected chi connectivity index (χ1v) is 5.59. The molecule has 1 rings (SSSR count). The van der Waals surface area contributed by atoms with Crippen molar-refractivity contribution in [2.24, 2.45) is 11.8 Å². The molecule has 1 fully saturated rings. The Morgan fingerprint density at radius 2 is 2.18 bits per heavy atom. The number of alkyl halides is 1. The molecule has 1 unspecified atom stereocenters. The second-order valence-electron chi connectivity index (χ2n) is 3.92. The van der Waals surface area contributed by atoms with Crippen LogP contribution in [0.4, 0.5) is 0 Å². The molecule has 1 aliphatic carbocycles. The van der Waals surface area contributed by atoms with Gasteiger partial charge >= 0.3 is 0 Å². The topological polar surface area (TPSA) is 3.24 Å². The van der Waals surface area contributed by atoms with E-state index >= 15 is 0 Å². The van der Waals surface area contributed by atoms with E-state index in [1.165, 1.54) is 25.9 Å². The lowest BCUT2D eigenvalue weighted by Gasteiger charge is -2.19. The number of halogens is 1. The van der Waals surface area contributed by atoms with Crippen LogP contribution < -0.4 is 0 Å². The number of rotatable bonds is 5. The molecule has 0 amide bonds. The minimum Gasteiger partial charge on any atom is -0.306 e. The Morgan fingerprint density at radius 1 is 1.55 bits per heavy atom. The van der Waals surface area contributed by atoms with E-state index in [0.29, 0.717) is 0 Å². The van der Waals surface area contributed by atoms with Crippen LogP contribution in [0.2, 0.25) is 0 Å². The molecule has 0 spiro atoms. The highest BCUT2D eigenvalue weighted by Gasteiger charge is 2.22. The van der Waals surface area contributed by atoms with Gasteiger partial charge in [-0.2, -0.15) is 0 Å². The quantitative estimate of drug-likeness (QED) is 0.643. The molecule has 11 heavy (non-hydrogen) atoms. The third-order valence-corrected chi connectivity index (χ3v) is 3.26. The van der Waals surface area contributed by atoms with Gasteiger partial charge in [-0.05, 0) is 31.7 Å². The summed E-state index contributed by atoms with van der Waals surface area (Å²) in [6.07, 6.45) is 2.93. The first-order valence-electron chi connectivity index (χ1n) is 4.47. The SMILES string of the molecule is CC(CBr)CN(C)CC1CC1. The zero-order valence-electron chi connectivity index (χ0n) is 7.52. The van der Waals surface area contributed by atoms with Gasteiger partial charge in [0.1, 0.15) is 0 Å². The van der Waals surface area contributed by atoms with Gasteiger partial charge in [0.05, 0.1) is 0 Å². The van der Waals surface area contributed by atoms with Gasteiger partial charge in [0.15, 0.2) is 0 Å². The molecule has 66 valence electrons. The molecule has 1 nitrogen and oxygen atoms in total. The summed E-state index contributed by atoms with van der Waals surface area (Å²) < 4.78 is 0. The van der Waals surface area contributed by atoms with Crippen LogP contribution in [0.25, 0.3) is 0 Å². The Bertz CT molecular complexity index is 112. The summed E-state index contributed by atoms with van der Waals surface area (Å²) in [4.78, 5) is 2.46. The molecule has 0 N–H and O–H groups in total. The fourth-order valence-corrected chi connectivity index (χ4v) is 1.60. The van der Waals surface area contributed by atoms with Gasteiger partial charge < -0.3 is 4.90 Å². The maximum absolute atomic E-state index is 3.50. The number of hydrogen-bond donors (Lipinski definition) is 0. The zero-order valence-corrected chi connectivity index (χ0v) is 9.10. The zero-order chi connectivity index (χ0) is 8.27. The standard InChI is InChI=1S/C9H18BrN/c1-8(5-10)6-11(2)7-9-3-4-9/h8-9H,3-7H2,1-2H3. The molecule has 0 radical (unpaired) electrons. The second-order valence-corrected chi connectivity index (χ2v) is 4.57. The smallest absolute Gasteiger partial charge is 0.00692 e. The summed E-state index contributed by atoms with van der Waals surface area (Å²) in [6.45, 7) is 4.84. The van der Waals surface area contributed by atoms with Crippen molar-refractivity contribution in [3.8, 4) is 0 Å². The first kappa shape index (κ1) is 9.53. The lowest BCUT2D eigenvalue weighted by molar-refractivity contribution is 0.287. The first-order chi connectivity index (χ1) is 5.22. The number of hydrogen-bond acceptors (Lipinski definition) is 1. The Kier molecular flexibility index (Phi) is 3.86. The Labute approximate surface area is 78.3 Å². The molecular formula is C9H18BrN. The second kappa shape index (κ2) is 4.46. The fourth-order valence-electron chi connectivity index (χ4n) is 1.40. The minimum absolute atomic E-state index is 0.791. The normalized spacial score (nSPS) is 20.7. The highest BCUT2D eigenvalue weighted by atomic mass is 79.9. The molecule has 0 heterocycles. The Hall–Kier alpha value is 0.440. The van der Waals surface area contributed by atoms with Gasteiger partial charge in [0.25, 0.3) is 0 Å². The average Bonchev–Trinajstić information content (AvgIpc) is 2.71. The van der Waals surface area contributed by atoms with Crippen molar-refractivity contribution in [2.75, 3.05) is 25.5 Å². The van der Waals surface area contributed by atoms with E-state index in [1.54, 1.807) is 0 Å². The van der Waals surface area contributed by atoms with Crippen molar-refractivity contribution < 1.29 is 0 Å².